The maximum atomic E-state index is 14.2. The molecule has 6 atom stereocenters. The van der Waals surface area contributed by atoms with Gasteiger partial charge in [-0.2, -0.15) is 0 Å². The van der Waals surface area contributed by atoms with Crippen LogP contribution in [0.2, 0.25) is 0 Å². The van der Waals surface area contributed by atoms with Gasteiger partial charge in [-0.15, -0.1) is 11.8 Å². The molecule has 35 heavy (non-hydrogen) atoms. The zero-order valence-electron chi connectivity index (χ0n) is 21.2. The third-order valence-corrected chi connectivity index (χ3v) is 9.50. The molecule has 7 nitrogen and oxygen atoms in total. The Labute approximate surface area is 213 Å². The van der Waals surface area contributed by atoms with Gasteiger partial charge in [0.1, 0.15) is 6.04 Å². The Hall–Kier alpha value is -1.80. The number of cyclic esters (lactones) is 1. The zero-order valence-corrected chi connectivity index (χ0v) is 22.0. The number of unbranched alkanes of at least 4 members (excludes halogenated alkanes) is 2. The molecule has 2 saturated heterocycles. The summed E-state index contributed by atoms with van der Waals surface area (Å²) in [6, 6.07) is -1.21. The van der Waals surface area contributed by atoms with E-state index in [4.69, 9.17) is 4.74 Å². The van der Waals surface area contributed by atoms with Crippen molar-refractivity contribution in [1.82, 2.24) is 9.80 Å². The summed E-state index contributed by atoms with van der Waals surface area (Å²) in [4.78, 5) is 45.2. The highest BCUT2D eigenvalue weighted by atomic mass is 32.2. The Morgan fingerprint density at radius 3 is 2.71 bits per heavy atom. The van der Waals surface area contributed by atoms with Crippen LogP contribution in [0.15, 0.2) is 24.3 Å². The molecule has 2 amide bonds. The van der Waals surface area contributed by atoms with Crippen LogP contribution in [0.3, 0.4) is 0 Å². The molecule has 194 valence electrons. The molecule has 0 saturated carbocycles. The molecule has 2 fully saturated rings. The van der Waals surface area contributed by atoms with Crippen LogP contribution >= 0.6 is 11.8 Å². The predicted octanol–water partition coefficient (Wildman–Crippen LogP) is 3.17. The van der Waals surface area contributed by atoms with Crippen LogP contribution < -0.4 is 0 Å². The van der Waals surface area contributed by atoms with Gasteiger partial charge in [-0.1, -0.05) is 57.9 Å². The molecule has 1 unspecified atom stereocenters. The molecule has 4 aliphatic rings. The summed E-state index contributed by atoms with van der Waals surface area (Å²) in [5, 5.41) is 10.1. The van der Waals surface area contributed by atoms with E-state index in [9.17, 15) is 19.5 Å². The molecule has 4 heterocycles. The van der Waals surface area contributed by atoms with Crippen LogP contribution in [0.5, 0.6) is 0 Å². The molecule has 0 aromatic heterocycles. The number of amides is 2. The van der Waals surface area contributed by atoms with Crippen LogP contribution in [0, 0.1) is 17.8 Å². The lowest BCUT2D eigenvalue weighted by atomic mass is 9.78. The second-order valence-electron chi connectivity index (χ2n) is 10.7. The van der Waals surface area contributed by atoms with E-state index in [1.165, 1.54) is 0 Å². The highest BCUT2D eigenvalue weighted by Crippen LogP contribution is 2.61. The van der Waals surface area contributed by atoms with Gasteiger partial charge in [-0.05, 0) is 31.6 Å². The molecule has 0 bridgehead atoms. The number of hydrogen-bond acceptors (Lipinski definition) is 6. The van der Waals surface area contributed by atoms with Gasteiger partial charge in [-0.3, -0.25) is 14.4 Å². The smallest absolute Gasteiger partial charge is 0.311 e. The van der Waals surface area contributed by atoms with E-state index in [0.717, 1.165) is 32.1 Å². The molecular formula is C27H40N2O5S. The Morgan fingerprint density at radius 2 is 2.00 bits per heavy atom. The van der Waals surface area contributed by atoms with Crippen LogP contribution in [0.25, 0.3) is 0 Å². The Balaban J connectivity index is 1.79. The number of allylic oxidation sites excluding steroid dienone is 1. The molecule has 8 heteroatoms. The molecular weight excluding hydrogens is 464 g/mol. The van der Waals surface area contributed by atoms with Crippen LogP contribution in [0.1, 0.15) is 59.3 Å². The highest BCUT2D eigenvalue weighted by Gasteiger charge is 2.71. The van der Waals surface area contributed by atoms with Gasteiger partial charge in [0, 0.05) is 18.3 Å². The number of thioether (sulfide) groups is 1. The normalized spacial score (nSPS) is 34.5. The molecule has 1 spiro atoms. The van der Waals surface area contributed by atoms with Crippen molar-refractivity contribution in [3.8, 4) is 0 Å². The third kappa shape index (κ3) is 4.80. The molecule has 0 radical (unpaired) electrons. The van der Waals surface area contributed by atoms with Gasteiger partial charge in [-0.25, -0.2) is 0 Å². The number of likely N-dealkylation sites (tertiary alicyclic amines) is 1. The first kappa shape index (κ1) is 26.3. The molecule has 4 aliphatic heterocycles. The lowest BCUT2D eigenvalue weighted by molar-refractivity contribution is -0.153. The fourth-order valence-electron chi connectivity index (χ4n) is 6.21. The van der Waals surface area contributed by atoms with Crippen molar-refractivity contribution >= 4 is 29.5 Å². The molecule has 1 N–H and O–H groups in total. The molecule has 0 aromatic carbocycles. The predicted molar refractivity (Wildman–Crippen MR) is 137 cm³/mol. The SMILES string of the molecule is CCCCCN1CC=C[C@]23S[C@@H]4/C=C\CCCOC(=O)[C@@H]4[C@H]2C(=O)N([C@@H](CO)CC(C)C)C3C1=O. The van der Waals surface area contributed by atoms with Crippen molar-refractivity contribution in [1.29, 1.82) is 0 Å². The minimum atomic E-state index is -0.851. The van der Waals surface area contributed by atoms with Gasteiger partial charge in [0.15, 0.2) is 0 Å². The van der Waals surface area contributed by atoms with E-state index < -0.39 is 28.7 Å². The summed E-state index contributed by atoms with van der Waals surface area (Å²) in [6.07, 6.45) is 13.4. The number of nitrogens with zero attached hydrogens (tertiary/aromatic N) is 2. The van der Waals surface area contributed by atoms with E-state index in [0.29, 0.717) is 26.1 Å². The van der Waals surface area contributed by atoms with Crippen molar-refractivity contribution in [3.05, 3.63) is 24.3 Å². The maximum absolute atomic E-state index is 14.2. The van der Waals surface area contributed by atoms with E-state index in [1.807, 2.05) is 23.1 Å². The number of rotatable bonds is 8. The fraction of sp³-hybridized carbons (Fsp3) is 0.741. The number of aliphatic hydroxyl groups is 1. The third-order valence-electron chi connectivity index (χ3n) is 7.75. The Bertz CT molecular complexity index is 874. The summed E-state index contributed by atoms with van der Waals surface area (Å²) < 4.78 is 4.76. The molecule has 4 rings (SSSR count). The lowest BCUT2D eigenvalue weighted by Gasteiger charge is -2.39. The highest BCUT2D eigenvalue weighted by molar-refractivity contribution is 8.02. The standard InChI is InChI=1S/C27H40N2O5S/c1-4-5-8-13-28-14-10-12-27-22(21-20(35-27)11-7-6-9-15-34-26(21)33)24(31)29(23(27)25(28)32)19(17-30)16-18(2)3/h7,10-12,18-23,30H,4-6,8-9,13-17H2,1-3H3/b11-7-/t19-,20-,21+,22+,23?,27+/m1/s1. The molecule has 0 aromatic rings. The topological polar surface area (TPSA) is 87.2 Å². The van der Waals surface area contributed by atoms with Gasteiger partial charge in [0.2, 0.25) is 11.8 Å². The first-order chi connectivity index (χ1) is 16.9. The lowest BCUT2D eigenvalue weighted by Crippen LogP contribution is -2.56. The Morgan fingerprint density at radius 1 is 1.20 bits per heavy atom. The van der Waals surface area contributed by atoms with E-state index >= 15 is 0 Å². The number of hydrogen-bond donors (Lipinski definition) is 1. The monoisotopic (exact) mass is 504 g/mol. The molecule has 0 aliphatic carbocycles. The summed E-state index contributed by atoms with van der Waals surface area (Å²) in [6.45, 7) is 7.51. The minimum Gasteiger partial charge on any atom is -0.465 e. The maximum Gasteiger partial charge on any atom is 0.311 e. The first-order valence-corrected chi connectivity index (χ1v) is 14.1. The van der Waals surface area contributed by atoms with Gasteiger partial charge >= 0.3 is 5.97 Å². The van der Waals surface area contributed by atoms with Crippen LogP contribution in [-0.2, 0) is 19.1 Å². The van der Waals surface area contributed by atoms with Crippen molar-refractivity contribution in [2.75, 3.05) is 26.3 Å². The van der Waals surface area contributed by atoms with Crippen LogP contribution in [0.4, 0.5) is 0 Å². The van der Waals surface area contributed by atoms with Gasteiger partial charge in [0.25, 0.3) is 0 Å². The van der Waals surface area contributed by atoms with Gasteiger partial charge < -0.3 is 19.6 Å². The Kier molecular flexibility index (Phi) is 8.31. The van der Waals surface area contributed by atoms with E-state index in [2.05, 4.69) is 26.8 Å². The number of esters is 1. The van der Waals surface area contributed by atoms with Crippen LogP contribution in [-0.4, -0.2) is 81.1 Å². The largest absolute Gasteiger partial charge is 0.465 e. The van der Waals surface area contributed by atoms with Crippen molar-refractivity contribution in [2.24, 2.45) is 17.8 Å². The number of ether oxygens (including phenoxy) is 1. The van der Waals surface area contributed by atoms with Crippen molar-refractivity contribution in [3.63, 3.8) is 0 Å². The number of aliphatic hydroxyl groups excluding tert-OH is 1. The summed E-state index contributed by atoms with van der Waals surface area (Å²) in [5.41, 5.74) is 0. The van der Waals surface area contributed by atoms with E-state index in [-0.39, 0.29) is 35.6 Å². The summed E-state index contributed by atoms with van der Waals surface area (Å²) >= 11 is 1.57. The van der Waals surface area contributed by atoms with E-state index in [1.54, 1.807) is 16.7 Å². The number of carbonyl (C=O) groups excluding carboxylic acids is 3. The minimum absolute atomic E-state index is 0.0690. The number of carbonyl (C=O) groups is 3. The van der Waals surface area contributed by atoms with Gasteiger partial charge in [0.05, 0.1) is 35.8 Å². The zero-order chi connectivity index (χ0) is 25.2. The number of fused-ring (bicyclic) bond motifs is 2. The summed E-state index contributed by atoms with van der Waals surface area (Å²) in [7, 11) is 0. The van der Waals surface area contributed by atoms with Crippen molar-refractivity contribution in [2.45, 2.75) is 81.4 Å². The second-order valence-corrected chi connectivity index (χ2v) is 12.2. The first-order valence-electron chi connectivity index (χ1n) is 13.3. The average molecular weight is 505 g/mol. The average Bonchev–Trinajstić information content (AvgIpc) is 3.24. The fourth-order valence-corrected chi connectivity index (χ4v) is 8.19. The second kappa shape index (κ2) is 11.1. The van der Waals surface area contributed by atoms with Crippen molar-refractivity contribution < 1.29 is 24.2 Å². The summed E-state index contributed by atoms with van der Waals surface area (Å²) in [5.74, 6) is -1.70. The quantitative estimate of drug-likeness (QED) is 0.310.